The summed E-state index contributed by atoms with van der Waals surface area (Å²) < 4.78 is 27.8. The molecule has 1 aromatic carbocycles. The number of sulfonamides is 1. The third kappa shape index (κ3) is 6.51. The predicted molar refractivity (Wildman–Crippen MR) is 132 cm³/mol. The van der Waals surface area contributed by atoms with Crippen LogP contribution >= 0.6 is 23.7 Å². The number of anilines is 1. The standard InChI is InChI=1S/C22H32N4O3S2.ClH/c1-15(2)12-26(13-16(3)4)31(28,29)18-8-6-17(7-9-18)21(27)24-22-23-19-10-11-25(5)14-20(19)30-22;/h6-9,15-16H,10-14H2,1-5H3,(H,23,24,27);1H. The van der Waals surface area contributed by atoms with Crippen LogP contribution in [0.5, 0.6) is 0 Å². The molecular weight excluding hydrogens is 468 g/mol. The molecule has 0 radical (unpaired) electrons. The Labute approximate surface area is 201 Å². The number of likely N-dealkylation sites (N-methyl/N-ethyl adjacent to an activating group) is 1. The number of nitrogens with zero attached hydrogens (tertiary/aromatic N) is 3. The van der Waals surface area contributed by atoms with Gasteiger partial charge in [-0.15, -0.1) is 23.7 Å². The quantitative estimate of drug-likeness (QED) is 0.589. The molecule has 0 bridgehead atoms. The number of benzene rings is 1. The highest BCUT2D eigenvalue weighted by atomic mass is 35.5. The highest BCUT2D eigenvalue weighted by Gasteiger charge is 2.26. The topological polar surface area (TPSA) is 82.6 Å². The SMILES string of the molecule is CC(C)CN(CC(C)C)S(=O)(=O)c1ccc(C(=O)Nc2nc3c(s2)CN(C)CC3)cc1.Cl. The van der Waals surface area contributed by atoms with Gasteiger partial charge in [-0.3, -0.25) is 10.1 Å². The van der Waals surface area contributed by atoms with E-state index in [0.717, 1.165) is 25.2 Å². The molecule has 1 aliphatic rings. The zero-order valence-electron chi connectivity index (χ0n) is 19.3. The van der Waals surface area contributed by atoms with Crippen LogP contribution in [0.25, 0.3) is 0 Å². The fourth-order valence-electron chi connectivity index (χ4n) is 3.56. The molecule has 1 aliphatic heterocycles. The molecule has 2 heterocycles. The summed E-state index contributed by atoms with van der Waals surface area (Å²) >= 11 is 1.50. The van der Waals surface area contributed by atoms with Gasteiger partial charge in [0, 0.05) is 43.0 Å². The maximum Gasteiger partial charge on any atom is 0.257 e. The van der Waals surface area contributed by atoms with Crippen molar-refractivity contribution in [2.45, 2.75) is 45.6 Å². The summed E-state index contributed by atoms with van der Waals surface area (Å²) in [6, 6.07) is 6.15. The van der Waals surface area contributed by atoms with Crippen molar-refractivity contribution in [3.63, 3.8) is 0 Å². The number of rotatable bonds is 8. The van der Waals surface area contributed by atoms with Gasteiger partial charge in [-0.05, 0) is 43.1 Å². The molecular formula is C22H33ClN4O3S2. The zero-order valence-corrected chi connectivity index (χ0v) is 21.7. The minimum absolute atomic E-state index is 0. The first-order valence-electron chi connectivity index (χ1n) is 10.6. The van der Waals surface area contributed by atoms with Crippen molar-refractivity contribution >= 4 is 44.8 Å². The van der Waals surface area contributed by atoms with E-state index in [1.165, 1.54) is 32.7 Å². The van der Waals surface area contributed by atoms with Crippen LogP contribution < -0.4 is 5.32 Å². The van der Waals surface area contributed by atoms with E-state index in [1.54, 1.807) is 12.1 Å². The lowest BCUT2D eigenvalue weighted by Crippen LogP contribution is -2.37. The van der Waals surface area contributed by atoms with E-state index in [-0.39, 0.29) is 35.0 Å². The molecule has 1 aromatic heterocycles. The number of fused-ring (bicyclic) bond motifs is 1. The average molecular weight is 501 g/mol. The van der Waals surface area contributed by atoms with Gasteiger partial charge in [-0.2, -0.15) is 4.31 Å². The van der Waals surface area contributed by atoms with E-state index in [0.29, 0.717) is 23.8 Å². The number of amides is 1. The Hall–Kier alpha value is -1.52. The van der Waals surface area contributed by atoms with E-state index in [1.807, 2.05) is 27.7 Å². The highest BCUT2D eigenvalue weighted by Crippen LogP contribution is 2.28. The molecule has 10 heteroatoms. The zero-order chi connectivity index (χ0) is 22.8. The number of hydrogen-bond acceptors (Lipinski definition) is 6. The molecule has 7 nitrogen and oxygen atoms in total. The molecule has 1 N–H and O–H groups in total. The summed E-state index contributed by atoms with van der Waals surface area (Å²) in [6.45, 7) is 10.8. The van der Waals surface area contributed by atoms with Crippen LogP contribution in [0.1, 0.15) is 48.6 Å². The number of hydrogen-bond donors (Lipinski definition) is 1. The lowest BCUT2D eigenvalue weighted by molar-refractivity contribution is 0.102. The number of thiazole rings is 1. The third-order valence-electron chi connectivity index (χ3n) is 5.03. The Morgan fingerprint density at radius 3 is 2.31 bits per heavy atom. The molecule has 3 rings (SSSR count). The van der Waals surface area contributed by atoms with Crippen molar-refractivity contribution in [1.29, 1.82) is 0 Å². The van der Waals surface area contributed by atoms with E-state index in [9.17, 15) is 13.2 Å². The first-order chi connectivity index (χ1) is 14.6. The summed E-state index contributed by atoms with van der Waals surface area (Å²) in [5, 5.41) is 3.44. The fourth-order valence-corrected chi connectivity index (χ4v) is 6.41. The smallest absolute Gasteiger partial charge is 0.257 e. The molecule has 32 heavy (non-hydrogen) atoms. The Bertz CT molecular complexity index is 1010. The summed E-state index contributed by atoms with van der Waals surface area (Å²) in [7, 11) is -1.54. The van der Waals surface area contributed by atoms with Crippen molar-refractivity contribution in [3.05, 3.63) is 40.4 Å². The summed E-state index contributed by atoms with van der Waals surface area (Å²) in [6.07, 6.45) is 0.883. The van der Waals surface area contributed by atoms with Gasteiger partial charge in [0.2, 0.25) is 10.0 Å². The number of carbonyl (C=O) groups is 1. The molecule has 1 amide bonds. The van der Waals surface area contributed by atoms with Crippen LogP contribution in [-0.4, -0.2) is 55.2 Å². The molecule has 2 aromatic rings. The Morgan fingerprint density at radius 2 is 1.75 bits per heavy atom. The van der Waals surface area contributed by atoms with Crippen LogP contribution in [0, 0.1) is 11.8 Å². The van der Waals surface area contributed by atoms with Gasteiger partial charge in [0.1, 0.15) is 0 Å². The van der Waals surface area contributed by atoms with E-state index in [4.69, 9.17) is 0 Å². The molecule has 0 saturated carbocycles. The minimum atomic E-state index is -3.61. The van der Waals surface area contributed by atoms with Gasteiger partial charge in [0.25, 0.3) is 5.91 Å². The lowest BCUT2D eigenvalue weighted by atomic mass is 10.2. The van der Waals surface area contributed by atoms with Crippen molar-refractivity contribution in [1.82, 2.24) is 14.2 Å². The first-order valence-corrected chi connectivity index (χ1v) is 12.9. The van der Waals surface area contributed by atoms with Crippen LogP contribution in [0.2, 0.25) is 0 Å². The van der Waals surface area contributed by atoms with Gasteiger partial charge >= 0.3 is 0 Å². The van der Waals surface area contributed by atoms with E-state index < -0.39 is 10.0 Å². The Kier molecular flexibility index (Phi) is 9.25. The first kappa shape index (κ1) is 26.7. The second-order valence-electron chi connectivity index (χ2n) is 8.96. The van der Waals surface area contributed by atoms with Crippen LogP contribution in [0.3, 0.4) is 0 Å². The number of carbonyl (C=O) groups excluding carboxylic acids is 1. The highest BCUT2D eigenvalue weighted by molar-refractivity contribution is 7.89. The molecule has 0 spiro atoms. The van der Waals surface area contributed by atoms with Crippen molar-refractivity contribution in [3.8, 4) is 0 Å². The number of aromatic nitrogens is 1. The van der Waals surface area contributed by atoms with Crippen LogP contribution in [-0.2, 0) is 23.0 Å². The van der Waals surface area contributed by atoms with Crippen molar-refractivity contribution < 1.29 is 13.2 Å². The van der Waals surface area contributed by atoms with Gasteiger partial charge < -0.3 is 4.90 Å². The lowest BCUT2D eigenvalue weighted by Gasteiger charge is -2.25. The normalized spacial score (nSPS) is 14.5. The minimum Gasteiger partial charge on any atom is -0.301 e. The van der Waals surface area contributed by atoms with Gasteiger partial charge in [-0.1, -0.05) is 27.7 Å². The van der Waals surface area contributed by atoms with Gasteiger partial charge in [0.15, 0.2) is 5.13 Å². The molecule has 0 unspecified atom stereocenters. The Balaban J connectivity index is 0.00000363. The molecule has 178 valence electrons. The van der Waals surface area contributed by atoms with Crippen molar-refractivity contribution in [2.24, 2.45) is 11.8 Å². The molecule has 0 atom stereocenters. The van der Waals surface area contributed by atoms with Gasteiger partial charge in [0.05, 0.1) is 10.6 Å². The molecule has 0 saturated heterocycles. The van der Waals surface area contributed by atoms with Crippen LogP contribution in [0.4, 0.5) is 5.13 Å². The average Bonchev–Trinajstić information content (AvgIpc) is 3.08. The third-order valence-corrected chi connectivity index (χ3v) is 7.88. The summed E-state index contributed by atoms with van der Waals surface area (Å²) in [4.78, 5) is 20.8. The fraction of sp³-hybridized carbons (Fsp3) is 0.545. The second kappa shape index (κ2) is 11.1. The van der Waals surface area contributed by atoms with Gasteiger partial charge in [-0.25, -0.2) is 13.4 Å². The predicted octanol–water partition coefficient (Wildman–Crippen LogP) is 4.11. The van der Waals surface area contributed by atoms with E-state index >= 15 is 0 Å². The monoisotopic (exact) mass is 500 g/mol. The summed E-state index contributed by atoms with van der Waals surface area (Å²) in [5.74, 6) is 0.162. The Morgan fingerprint density at radius 1 is 1.16 bits per heavy atom. The maximum atomic E-state index is 13.1. The number of halogens is 1. The largest absolute Gasteiger partial charge is 0.301 e. The van der Waals surface area contributed by atoms with Crippen molar-refractivity contribution in [2.75, 3.05) is 32.0 Å². The second-order valence-corrected chi connectivity index (χ2v) is 12.0. The maximum absolute atomic E-state index is 13.1. The summed E-state index contributed by atoms with van der Waals surface area (Å²) in [5.41, 5.74) is 1.46. The number of nitrogens with one attached hydrogen (secondary N) is 1. The van der Waals surface area contributed by atoms with E-state index in [2.05, 4.69) is 22.2 Å². The molecule has 0 aliphatic carbocycles. The molecule has 0 fully saturated rings. The van der Waals surface area contributed by atoms with Crippen LogP contribution in [0.15, 0.2) is 29.2 Å².